The third-order valence-electron chi connectivity index (χ3n) is 2.53. The minimum Gasteiger partial charge on any atom is -0.495 e. The number of amides is 1. The third-order valence-corrected chi connectivity index (χ3v) is 2.53. The number of carbonyl (C=O) groups is 1. The van der Waals surface area contributed by atoms with E-state index in [-0.39, 0.29) is 5.91 Å². The Morgan fingerprint density at radius 3 is 2.84 bits per heavy atom. The van der Waals surface area contributed by atoms with Gasteiger partial charge in [-0.05, 0) is 24.3 Å². The zero-order valence-electron chi connectivity index (χ0n) is 10.4. The Labute approximate surface area is 110 Å². The van der Waals surface area contributed by atoms with Crippen LogP contribution in [-0.2, 0) is 0 Å². The second-order valence-corrected chi connectivity index (χ2v) is 3.73. The summed E-state index contributed by atoms with van der Waals surface area (Å²) in [6.45, 7) is 0. The van der Waals surface area contributed by atoms with Crippen molar-refractivity contribution in [2.24, 2.45) is 5.84 Å². The van der Waals surface area contributed by atoms with E-state index in [1.54, 1.807) is 31.4 Å². The number of rotatable bonds is 4. The van der Waals surface area contributed by atoms with E-state index in [2.05, 4.69) is 15.7 Å². The molecule has 0 spiro atoms. The van der Waals surface area contributed by atoms with Gasteiger partial charge in [-0.1, -0.05) is 12.1 Å². The van der Waals surface area contributed by atoms with Crippen molar-refractivity contribution in [3.05, 3.63) is 48.2 Å². The molecule has 0 aliphatic rings. The molecule has 0 radical (unpaired) electrons. The molecule has 19 heavy (non-hydrogen) atoms. The summed E-state index contributed by atoms with van der Waals surface area (Å²) >= 11 is 0. The van der Waals surface area contributed by atoms with Crippen LogP contribution in [0.5, 0.6) is 5.75 Å². The lowest BCUT2D eigenvalue weighted by Gasteiger charge is -2.10. The van der Waals surface area contributed by atoms with E-state index in [0.717, 1.165) is 0 Å². The molecule has 1 amide bonds. The minimum absolute atomic E-state index is 0.261. The molecule has 98 valence electrons. The first-order valence-electron chi connectivity index (χ1n) is 5.61. The molecule has 0 bridgehead atoms. The van der Waals surface area contributed by atoms with Crippen molar-refractivity contribution >= 4 is 17.4 Å². The van der Waals surface area contributed by atoms with Gasteiger partial charge in [-0.15, -0.1) is 0 Å². The Balaban J connectivity index is 2.20. The van der Waals surface area contributed by atoms with Gasteiger partial charge in [0.1, 0.15) is 11.6 Å². The van der Waals surface area contributed by atoms with Crippen molar-refractivity contribution < 1.29 is 9.53 Å². The zero-order chi connectivity index (χ0) is 13.7. The number of methoxy groups -OCH3 is 1. The quantitative estimate of drug-likeness (QED) is 0.573. The highest BCUT2D eigenvalue weighted by atomic mass is 16.5. The highest BCUT2D eigenvalue weighted by molar-refractivity contribution is 6.05. The molecule has 0 atom stereocenters. The van der Waals surface area contributed by atoms with Crippen LogP contribution in [0.15, 0.2) is 42.6 Å². The molecule has 1 aromatic carbocycles. The van der Waals surface area contributed by atoms with Crippen molar-refractivity contribution in [3.63, 3.8) is 0 Å². The summed E-state index contributed by atoms with van der Waals surface area (Å²) in [6, 6.07) is 10.3. The van der Waals surface area contributed by atoms with E-state index in [1.165, 1.54) is 6.20 Å². The first-order chi connectivity index (χ1) is 9.24. The molecule has 6 nitrogen and oxygen atoms in total. The number of nitrogens with zero attached hydrogens (tertiary/aromatic N) is 1. The maximum Gasteiger partial charge on any atom is 0.255 e. The van der Waals surface area contributed by atoms with Crippen LogP contribution in [0.4, 0.5) is 11.5 Å². The fourth-order valence-corrected chi connectivity index (χ4v) is 1.59. The lowest BCUT2D eigenvalue weighted by Crippen LogP contribution is -2.14. The summed E-state index contributed by atoms with van der Waals surface area (Å²) in [6.07, 6.45) is 1.51. The number of hydrazine groups is 1. The van der Waals surface area contributed by atoms with E-state index in [4.69, 9.17) is 10.6 Å². The fraction of sp³-hybridized carbons (Fsp3) is 0.0769. The number of ether oxygens (including phenoxy) is 1. The van der Waals surface area contributed by atoms with Crippen LogP contribution in [0.1, 0.15) is 10.4 Å². The number of carbonyl (C=O) groups excluding carboxylic acids is 1. The molecule has 1 aromatic heterocycles. The summed E-state index contributed by atoms with van der Waals surface area (Å²) in [5.74, 6) is 6.02. The lowest BCUT2D eigenvalue weighted by molar-refractivity contribution is 0.102. The van der Waals surface area contributed by atoms with Gasteiger partial charge in [-0.25, -0.2) is 10.8 Å². The van der Waals surface area contributed by atoms with Crippen molar-refractivity contribution in [1.29, 1.82) is 0 Å². The predicted molar refractivity (Wildman–Crippen MR) is 73.0 cm³/mol. The van der Waals surface area contributed by atoms with Gasteiger partial charge >= 0.3 is 0 Å². The number of nitrogens with one attached hydrogen (secondary N) is 2. The van der Waals surface area contributed by atoms with Gasteiger partial charge < -0.3 is 15.5 Å². The van der Waals surface area contributed by atoms with Gasteiger partial charge in [0.2, 0.25) is 0 Å². The molecule has 0 aliphatic heterocycles. The molecule has 2 aromatic rings. The number of nitrogen functional groups attached to an aromatic ring is 1. The highest BCUT2D eigenvalue weighted by Crippen LogP contribution is 2.23. The molecule has 0 saturated heterocycles. The van der Waals surface area contributed by atoms with Gasteiger partial charge in [-0.3, -0.25) is 4.79 Å². The van der Waals surface area contributed by atoms with Gasteiger partial charge in [0.05, 0.1) is 12.8 Å². The summed E-state index contributed by atoms with van der Waals surface area (Å²) < 4.78 is 5.17. The van der Waals surface area contributed by atoms with Gasteiger partial charge in [0, 0.05) is 11.8 Å². The summed E-state index contributed by atoms with van der Waals surface area (Å²) in [5, 5.41) is 2.77. The third kappa shape index (κ3) is 2.99. The molecule has 0 aliphatic carbocycles. The molecule has 4 N–H and O–H groups in total. The SMILES string of the molecule is COc1ccccc1NC(=O)c1ccnc(NN)c1. The van der Waals surface area contributed by atoms with Crippen LogP contribution in [0.3, 0.4) is 0 Å². The number of hydrogen-bond donors (Lipinski definition) is 3. The first kappa shape index (κ1) is 12.8. The van der Waals surface area contributed by atoms with Gasteiger partial charge in [-0.2, -0.15) is 0 Å². The largest absolute Gasteiger partial charge is 0.495 e. The Morgan fingerprint density at radius 1 is 1.32 bits per heavy atom. The molecule has 0 saturated carbocycles. The van der Waals surface area contributed by atoms with Crippen molar-refractivity contribution in [2.45, 2.75) is 0 Å². The van der Waals surface area contributed by atoms with Crippen LogP contribution in [0, 0.1) is 0 Å². The van der Waals surface area contributed by atoms with E-state index >= 15 is 0 Å². The number of hydrogen-bond acceptors (Lipinski definition) is 5. The topological polar surface area (TPSA) is 89.3 Å². The maximum atomic E-state index is 12.1. The second kappa shape index (κ2) is 5.83. The van der Waals surface area contributed by atoms with E-state index in [9.17, 15) is 4.79 Å². The average Bonchev–Trinajstić information content (AvgIpc) is 2.47. The Bertz CT molecular complexity index is 586. The Hall–Kier alpha value is -2.60. The van der Waals surface area contributed by atoms with Crippen LogP contribution in [-0.4, -0.2) is 18.0 Å². The van der Waals surface area contributed by atoms with E-state index in [0.29, 0.717) is 22.8 Å². The maximum absolute atomic E-state index is 12.1. The summed E-state index contributed by atoms with van der Waals surface area (Å²) in [7, 11) is 1.55. The summed E-state index contributed by atoms with van der Waals surface area (Å²) in [4.78, 5) is 16.0. The molecular formula is C13H14N4O2. The number of anilines is 2. The molecule has 2 rings (SSSR count). The normalized spacial score (nSPS) is 9.79. The van der Waals surface area contributed by atoms with Crippen LogP contribution in [0.2, 0.25) is 0 Å². The first-order valence-corrected chi connectivity index (χ1v) is 5.61. The lowest BCUT2D eigenvalue weighted by atomic mass is 10.2. The second-order valence-electron chi connectivity index (χ2n) is 3.73. The number of aromatic nitrogens is 1. The van der Waals surface area contributed by atoms with E-state index < -0.39 is 0 Å². The van der Waals surface area contributed by atoms with Crippen molar-refractivity contribution in [3.8, 4) is 5.75 Å². The number of benzene rings is 1. The monoisotopic (exact) mass is 258 g/mol. The standard InChI is InChI=1S/C13H14N4O2/c1-19-11-5-3-2-4-10(11)16-13(18)9-6-7-15-12(8-9)17-14/h2-8H,14H2,1H3,(H,15,17)(H,16,18). The predicted octanol–water partition coefficient (Wildman–Crippen LogP) is 1.63. The van der Waals surface area contributed by atoms with E-state index in [1.807, 2.05) is 12.1 Å². The summed E-state index contributed by atoms with van der Waals surface area (Å²) in [5.41, 5.74) is 3.45. The van der Waals surface area contributed by atoms with Crippen LogP contribution < -0.4 is 21.3 Å². The van der Waals surface area contributed by atoms with Crippen molar-refractivity contribution in [1.82, 2.24) is 4.98 Å². The smallest absolute Gasteiger partial charge is 0.255 e. The van der Waals surface area contributed by atoms with Gasteiger partial charge in [0.25, 0.3) is 5.91 Å². The number of pyridine rings is 1. The zero-order valence-corrected chi connectivity index (χ0v) is 10.4. The highest BCUT2D eigenvalue weighted by Gasteiger charge is 2.09. The van der Waals surface area contributed by atoms with Crippen molar-refractivity contribution in [2.75, 3.05) is 17.9 Å². The van der Waals surface area contributed by atoms with Gasteiger partial charge in [0.15, 0.2) is 0 Å². The number of nitrogens with two attached hydrogens (primary N) is 1. The molecular weight excluding hydrogens is 244 g/mol. The number of para-hydroxylation sites is 2. The molecule has 6 heteroatoms. The van der Waals surface area contributed by atoms with Crippen LogP contribution in [0.25, 0.3) is 0 Å². The Kier molecular flexibility index (Phi) is 3.94. The molecule has 0 unspecified atom stereocenters. The van der Waals surface area contributed by atoms with Crippen LogP contribution >= 0.6 is 0 Å². The minimum atomic E-state index is -0.261. The molecule has 1 heterocycles. The fourth-order valence-electron chi connectivity index (χ4n) is 1.59. The Morgan fingerprint density at radius 2 is 2.11 bits per heavy atom. The average molecular weight is 258 g/mol. The molecule has 0 fully saturated rings.